The number of aliphatic hydroxyl groups is 1. The number of benzene rings is 3. The predicted octanol–water partition coefficient (Wildman–Crippen LogP) is 6.03. The van der Waals surface area contributed by atoms with Crippen molar-refractivity contribution < 1.29 is 24.5 Å². The van der Waals surface area contributed by atoms with Crippen molar-refractivity contribution in [1.29, 1.82) is 0 Å². The lowest BCUT2D eigenvalue weighted by atomic mass is 9.95. The summed E-state index contributed by atoms with van der Waals surface area (Å²) in [7, 11) is 0. The molecule has 0 aliphatic carbocycles. The minimum absolute atomic E-state index is 0.0370. The smallest absolute Gasteiger partial charge is 0.301 e. The zero-order chi connectivity index (χ0) is 26.3. The first-order valence-corrected chi connectivity index (χ1v) is 12.8. The number of nitrogens with zero attached hydrogens (tertiary/aromatic N) is 2. The lowest BCUT2D eigenvalue weighted by Gasteiger charge is -2.23. The van der Waals surface area contributed by atoms with Gasteiger partial charge < -0.3 is 14.9 Å². The fraction of sp³-hybridized carbons (Fsp3) is 0.207. The van der Waals surface area contributed by atoms with Gasteiger partial charge in [-0.25, -0.2) is 4.98 Å². The number of aromatic hydroxyl groups is 1. The molecule has 37 heavy (non-hydrogen) atoms. The number of phenols is 1. The molecule has 1 saturated heterocycles. The molecular formula is C29H26N2O5S. The number of anilines is 1. The average molecular weight is 515 g/mol. The fourth-order valence-corrected chi connectivity index (χ4v) is 5.72. The predicted molar refractivity (Wildman–Crippen MR) is 144 cm³/mol. The first-order valence-electron chi connectivity index (χ1n) is 12.0. The van der Waals surface area contributed by atoms with Crippen molar-refractivity contribution in [3.63, 3.8) is 0 Å². The lowest BCUT2D eigenvalue weighted by molar-refractivity contribution is -0.132. The monoisotopic (exact) mass is 514 g/mol. The van der Waals surface area contributed by atoms with Gasteiger partial charge in [0, 0.05) is 5.56 Å². The van der Waals surface area contributed by atoms with Crippen molar-refractivity contribution in [3.8, 4) is 11.5 Å². The third-order valence-electron chi connectivity index (χ3n) is 6.28. The van der Waals surface area contributed by atoms with Crippen LogP contribution in [0.1, 0.15) is 41.6 Å². The van der Waals surface area contributed by atoms with E-state index in [-0.39, 0.29) is 17.1 Å². The van der Waals surface area contributed by atoms with Gasteiger partial charge >= 0.3 is 5.91 Å². The number of thiazole rings is 1. The Morgan fingerprint density at radius 3 is 2.43 bits per heavy atom. The number of ketones is 1. The van der Waals surface area contributed by atoms with Crippen LogP contribution in [0.15, 0.2) is 66.2 Å². The van der Waals surface area contributed by atoms with Crippen LogP contribution in [0.5, 0.6) is 11.5 Å². The van der Waals surface area contributed by atoms with Gasteiger partial charge in [0.25, 0.3) is 5.78 Å². The van der Waals surface area contributed by atoms with Gasteiger partial charge in [-0.1, -0.05) is 36.5 Å². The van der Waals surface area contributed by atoms with Crippen molar-refractivity contribution in [2.45, 2.75) is 33.2 Å². The SMILES string of the molecule is CCCOc1ccc(C(O)=C2C(=O)C(=O)N(c3nc4c(C)cc(C)cc4s3)C2c2ccc(O)cc2)cc1. The number of amides is 1. The number of aryl methyl sites for hydroxylation is 2. The molecule has 1 aromatic heterocycles. The van der Waals surface area contributed by atoms with E-state index >= 15 is 0 Å². The summed E-state index contributed by atoms with van der Waals surface area (Å²) >= 11 is 1.32. The number of aliphatic hydroxyl groups excluding tert-OH is 1. The van der Waals surface area contributed by atoms with Crippen LogP contribution >= 0.6 is 11.3 Å². The van der Waals surface area contributed by atoms with E-state index in [0.29, 0.717) is 28.6 Å². The van der Waals surface area contributed by atoms with Crippen molar-refractivity contribution in [2.24, 2.45) is 0 Å². The summed E-state index contributed by atoms with van der Waals surface area (Å²) in [5, 5.41) is 21.5. The largest absolute Gasteiger partial charge is 0.508 e. The second-order valence-electron chi connectivity index (χ2n) is 9.06. The number of aromatic nitrogens is 1. The van der Waals surface area contributed by atoms with Gasteiger partial charge in [-0.3, -0.25) is 14.5 Å². The van der Waals surface area contributed by atoms with Crippen molar-refractivity contribution >= 4 is 44.1 Å². The number of fused-ring (bicyclic) bond motifs is 1. The quantitative estimate of drug-likeness (QED) is 0.185. The van der Waals surface area contributed by atoms with Crippen LogP contribution in [0.25, 0.3) is 16.0 Å². The summed E-state index contributed by atoms with van der Waals surface area (Å²) in [5.41, 5.74) is 3.73. The average Bonchev–Trinajstić information content (AvgIpc) is 3.42. The highest BCUT2D eigenvalue weighted by Crippen LogP contribution is 2.45. The van der Waals surface area contributed by atoms with E-state index in [1.807, 2.05) is 32.9 Å². The van der Waals surface area contributed by atoms with Gasteiger partial charge in [-0.05, 0) is 79.4 Å². The Labute approximate surface area is 218 Å². The summed E-state index contributed by atoms with van der Waals surface area (Å²) < 4.78 is 6.52. The van der Waals surface area contributed by atoms with E-state index < -0.39 is 17.7 Å². The highest BCUT2D eigenvalue weighted by Gasteiger charge is 2.48. The Morgan fingerprint density at radius 1 is 1.05 bits per heavy atom. The number of phenolic OH excluding ortho intramolecular Hbond substituents is 1. The van der Waals surface area contributed by atoms with Crippen molar-refractivity contribution in [3.05, 3.63) is 88.5 Å². The molecule has 4 aromatic rings. The Hall–Kier alpha value is -4.17. The molecule has 8 heteroatoms. The summed E-state index contributed by atoms with van der Waals surface area (Å²) in [4.78, 5) is 32.9. The van der Waals surface area contributed by atoms with E-state index in [2.05, 4.69) is 0 Å². The second kappa shape index (κ2) is 9.71. The first-order chi connectivity index (χ1) is 17.8. The van der Waals surface area contributed by atoms with Crippen LogP contribution in [0.4, 0.5) is 5.13 Å². The van der Waals surface area contributed by atoms with E-state index in [9.17, 15) is 19.8 Å². The summed E-state index contributed by atoms with van der Waals surface area (Å²) in [5.74, 6) is -1.15. The fourth-order valence-electron chi connectivity index (χ4n) is 4.55. The molecule has 5 rings (SSSR count). The molecule has 1 aliphatic rings. The van der Waals surface area contributed by atoms with Crippen LogP contribution in [0.2, 0.25) is 0 Å². The molecule has 0 spiro atoms. The van der Waals surface area contributed by atoms with E-state index in [4.69, 9.17) is 9.72 Å². The molecule has 7 nitrogen and oxygen atoms in total. The van der Waals surface area contributed by atoms with Crippen LogP contribution in [0, 0.1) is 13.8 Å². The lowest BCUT2D eigenvalue weighted by Crippen LogP contribution is -2.29. The molecule has 2 heterocycles. The summed E-state index contributed by atoms with van der Waals surface area (Å²) in [6, 6.07) is 16.1. The minimum Gasteiger partial charge on any atom is -0.508 e. The number of hydrogen-bond acceptors (Lipinski definition) is 7. The summed E-state index contributed by atoms with van der Waals surface area (Å²) in [6.07, 6.45) is 0.864. The van der Waals surface area contributed by atoms with Gasteiger partial charge in [0.15, 0.2) is 5.13 Å². The molecule has 3 aromatic carbocycles. The number of ether oxygens (including phenoxy) is 1. The highest BCUT2D eigenvalue weighted by molar-refractivity contribution is 7.22. The maximum absolute atomic E-state index is 13.4. The van der Waals surface area contributed by atoms with E-state index in [0.717, 1.165) is 27.8 Å². The van der Waals surface area contributed by atoms with Gasteiger partial charge in [0.2, 0.25) is 0 Å². The zero-order valence-corrected chi connectivity index (χ0v) is 21.5. The number of carbonyl (C=O) groups is 2. The first kappa shape index (κ1) is 24.5. The minimum atomic E-state index is -0.918. The topological polar surface area (TPSA) is 100.0 Å². The van der Waals surface area contributed by atoms with Crippen LogP contribution < -0.4 is 9.64 Å². The molecule has 2 N–H and O–H groups in total. The molecule has 1 fully saturated rings. The Morgan fingerprint density at radius 2 is 1.76 bits per heavy atom. The van der Waals surface area contributed by atoms with Gasteiger partial charge in [0.05, 0.1) is 28.4 Å². The molecule has 0 saturated carbocycles. The number of Topliss-reactive ketones (excluding diaryl/α,β-unsaturated/α-hetero) is 1. The van der Waals surface area contributed by atoms with Crippen LogP contribution in [-0.2, 0) is 9.59 Å². The summed E-state index contributed by atoms with van der Waals surface area (Å²) in [6.45, 7) is 6.53. The van der Waals surface area contributed by atoms with Crippen LogP contribution in [0.3, 0.4) is 0 Å². The molecule has 1 aliphatic heterocycles. The maximum atomic E-state index is 13.4. The third kappa shape index (κ3) is 4.44. The van der Waals surface area contributed by atoms with Gasteiger partial charge in [-0.15, -0.1) is 0 Å². The van der Waals surface area contributed by atoms with Gasteiger partial charge in [-0.2, -0.15) is 0 Å². The second-order valence-corrected chi connectivity index (χ2v) is 10.1. The Bertz CT molecular complexity index is 1540. The molecule has 0 bridgehead atoms. The normalized spacial score (nSPS) is 17.1. The third-order valence-corrected chi connectivity index (χ3v) is 7.28. The van der Waals surface area contributed by atoms with E-state index in [1.165, 1.54) is 28.4 Å². The van der Waals surface area contributed by atoms with Gasteiger partial charge in [0.1, 0.15) is 17.3 Å². The maximum Gasteiger partial charge on any atom is 0.301 e. The standard InChI is InChI=1S/C29H26N2O5S/c1-4-13-36-21-11-7-19(8-12-21)26(33)23-25(18-5-9-20(32)10-6-18)31(28(35)27(23)34)29-30-24-17(3)14-16(2)15-22(24)37-29/h5-12,14-15,25,32-33H,4,13H2,1-3H3. The number of carbonyl (C=O) groups excluding carboxylic acids is 2. The molecule has 0 radical (unpaired) electrons. The Kier molecular flexibility index (Phi) is 6.43. The Balaban J connectivity index is 1.66. The molecule has 188 valence electrons. The number of rotatable bonds is 6. The highest BCUT2D eigenvalue weighted by atomic mass is 32.1. The van der Waals surface area contributed by atoms with Crippen molar-refractivity contribution in [2.75, 3.05) is 11.5 Å². The molecule has 1 unspecified atom stereocenters. The molecule has 1 amide bonds. The molecular weight excluding hydrogens is 488 g/mol. The number of hydrogen-bond donors (Lipinski definition) is 2. The molecule has 1 atom stereocenters. The van der Waals surface area contributed by atoms with Crippen molar-refractivity contribution in [1.82, 2.24) is 4.98 Å². The zero-order valence-electron chi connectivity index (χ0n) is 20.7. The van der Waals surface area contributed by atoms with E-state index in [1.54, 1.807) is 36.4 Å². The van der Waals surface area contributed by atoms with Crippen LogP contribution in [-0.4, -0.2) is 33.5 Å².